The molecule has 5 atom stereocenters. The molecule has 3 N–H and O–H groups in total. The summed E-state index contributed by atoms with van der Waals surface area (Å²) in [5.74, 6) is -0.493. The van der Waals surface area contributed by atoms with Gasteiger partial charge in [0, 0.05) is 17.7 Å². The van der Waals surface area contributed by atoms with Crippen molar-refractivity contribution in [3.63, 3.8) is 0 Å². The summed E-state index contributed by atoms with van der Waals surface area (Å²) in [7, 11) is 0. The van der Waals surface area contributed by atoms with Gasteiger partial charge in [-0.15, -0.1) is 0 Å². The Morgan fingerprint density at radius 2 is 2.00 bits per heavy atom. The SMILES string of the molecule is CCCCC[C@@H](O)[C@@H]1O[C@H]1[C@@]1(OCC)OCc2c(OC[C@@H](O)C(C)(C)O)cccc21. The van der Waals surface area contributed by atoms with Crippen LogP contribution in [0.2, 0.25) is 0 Å². The van der Waals surface area contributed by atoms with E-state index in [1.165, 1.54) is 13.8 Å². The molecule has 0 aliphatic carbocycles. The van der Waals surface area contributed by atoms with E-state index in [1.54, 1.807) is 0 Å². The number of rotatable bonds is 12. The van der Waals surface area contributed by atoms with Gasteiger partial charge in [-0.3, -0.25) is 0 Å². The number of unbranched alkanes of at least 4 members (excludes halogenated alkanes) is 2. The fourth-order valence-corrected chi connectivity index (χ4v) is 3.95. The highest BCUT2D eigenvalue weighted by molar-refractivity contribution is 5.46. The first-order chi connectivity index (χ1) is 14.2. The third-order valence-corrected chi connectivity index (χ3v) is 5.89. The quantitative estimate of drug-likeness (QED) is 0.350. The zero-order valence-corrected chi connectivity index (χ0v) is 18.5. The number of hydrogen-bond donors (Lipinski definition) is 3. The van der Waals surface area contributed by atoms with Gasteiger partial charge in [-0.25, -0.2) is 0 Å². The van der Waals surface area contributed by atoms with Crippen LogP contribution in [0.3, 0.4) is 0 Å². The number of aliphatic hydroxyl groups is 3. The maximum atomic E-state index is 10.5. The van der Waals surface area contributed by atoms with Gasteiger partial charge in [0.25, 0.3) is 0 Å². The second-order valence-electron chi connectivity index (χ2n) is 8.74. The molecule has 0 aromatic heterocycles. The molecule has 2 aliphatic rings. The van der Waals surface area contributed by atoms with Crippen molar-refractivity contribution in [3.8, 4) is 5.75 Å². The van der Waals surface area contributed by atoms with Gasteiger partial charge >= 0.3 is 0 Å². The van der Waals surface area contributed by atoms with E-state index in [4.69, 9.17) is 18.9 Å². The normalized spacial score (nSPS) is 27.6. The van der Waals surface area contributed by atoms with Crippen LogP contribution in [0.5, 0.6) is 5.75 Å². The van der Waals surface area contributed by atoms with Crippen LogP contribution in [0.25, 0.3) is 0 Å². The average molecular weight is 425 g/mol. The highest BCUT2D eigenvalue weighted by atomic mass is 16.7. The summed E-state index contributed by atoms with van der Waals surface area (Å²) in [5, 5.41) is 30.6. The van der Waals surface area contributed by atoms with Gasteiger partial charge in [-0.05, 0) is 33.3 Å². The van der Waals surface area contributed by atoms with E-state index in [9.17, 15) is 15.3 Å². The molecule has 3 rings (SSSR count). The molecule has 1 aromatic rings. The van der Waals surface area contributed by atoms with Crippen molar-refractivity contribution in [1.29, 1.82) is 0 Å². The Kier molecular flexibility index (Phi) is 7.43. The predicted octanol–water partition coefficient (Wildman–Crippen LogP) is 2.63. The second-order valence-corrected chi connectivity index (χ2v) is 8.74. The van der Waals surface area contributed by atoms with Crippen molar-refractivity contribution in [3.05, 3.63) is 29.3 Å². The molecule has 2 aliphatic heterocycles. The molecule has 0 amide bonds. The van der Waals surface area contributed by atoms with Gasteiger partial charge in [0.15, 0.2) is 0 Å². The number of ether oxygens (including phenoxy) is 4. The van der Waals surface area contributed by atoms with Crippen LogP contribution in [-0.2, 0) is 26.6 Å². The maximum absolute atomic E-state index is 10.5. The highest BCUT2D eigenvalue weighted by Gasteiger charge is 2.62. The van der Waals surface area contributed by atoms with E-state index in [0.717, 1.165) is 30.4 Å². The Morgan fingerprint density at radius 1 is 1.23 bits per heavy atom. The van der Waals surface area contributed by atoms with Crippen molar-refractivity contribution in [2.24, 2.45) is 0 Å². The van der Waals surface area contributed by atoms with Gasteiger partial charge in [0.05, 0.1) is 18.3 Å². The minimum atomic E-state index is -1.26. The van der Waals surface area contributed by atoms with E-state index in [0.29, 0.717) is 18.8 Å². The zero-order chi connectivity index (χ0) is 21.9. The first-order valence-electron chi connectivity index (χ1n) is 11.0. The Morgan fingerprint density at radius 3 is 2.67 bits per heavy atom. The standard InChI is InChI=1S/C23H36O7/c1-5-7-8-11-17(24)20-21(30-20)23(28-6-2)16-10-9-12-18(15(16)13-29-23)27-14-19(25)22(3,4)26/h9-10,12,17,19-21,24-26H,5-8,11,13-14H2,1-4H3/t17-,19-,20+,21-,23+/m1/s1. The lowest BCUT2D eigenvalue weighted by molar-refractivity contribution is -0.248. The van der Waals surface area contributed by atoms with Crippen molar-refractivity contribution in [2.75, 3.05) is 13.2 Å². The molecule has 170 valence electrons. The summed E-state index contributed by atoms with van der Waals surface area (Å²) < 4.78 is 23.9. The second kappa shape index (κ2) is 9.51. The average Bonchev–Trinajstić information content (AvgIpc) is 3.43. The molecule has 7 heteroatoms. The summed E-state index contributed by atoms with van der Waals surface area (Å²) in [6.45, 7) is 7.78. The monoisotopic (exact) mass is 424 g/mol. The van der Waals surface area contributed by atoms with Gasteiger partial charge in [0.2, 0.25) is 5.79 Å². The summed E-state index contributed by atoms with van der Waals surface area (Å²) in [5.41, 5.74) is 0.406. The van der Waals surface area contributed by atoms with Crippen LogP contribution in [0.4, 0.5) is 0 Å². The molecular weight excluding hydrogens is 388 g/mol. The van der Waals surface area contributed by atoms with Crippen LogP contribution in [0, 0.1) is 0 Å². The van der Waals surface area contributed by atoms with Crippen LogP contribution in [0.1, 0.15) is 64.5 Å². The molecule has 2 heterocycles. The van der Waals surface area contributed by atoms with E-state index in [1.807, 2.05) is 25.1 Å². The number of aliphatic hydroxyl groups excluding tert-OH is 2. The van der Waals surface area contributed by atoms with Crippen molar-refractivity contribution < 1.29 is 34.3 Å². The Labute approximate surface area is 178 Å². The molecule has 0 saturated carbocycles. The zero-order valence-electron chi connectivity index (χ0n) is 18.5. The van der Waals surface area contributed by atoms with Crippen molar-refractivity contribution >= 4 is 0 Å². The lowest BCUT2D eigenvalue weighted by atomic mass is 9.95. The summed E-state index contributed by atoms with van der Waals surface area (Å²) in [6, 6.07) is 5.59. The summed E-state index contributed by atoms with van der Waals surface area (Å²) in [6.07, 6.45) is 1.57. The third kappa shape index (κ3) is 4.82. The summed E-state index contributed by atoms with van der Waals surface area (Å²) in [4.78, 5) is 0. The molecule has 7 nitrogen and oxygen atoms in total. The molecule has 1 fully saturated rings. The number of fused-ring (bicyclic) bond motifs is 1. The fraction of sp³-hybridized carbons (Fsp3) is 0.739. The van der Waals surface area contributed by atoms with Gasteiger partial charge in [0.1, 0.15) is 30.7 Å². The van der Waals surface area contributed by atoms with Gasteiger partial charge < -0.3 is 34.3 Å². The number of hydrogen-bond acceptors (Lipinski definition) is 7. The van der Waals surface area contributed by atoms with Crippen molar-refractivity contribution in [1.82, 2.24) is 0 Å². The number of benzene rings is 1. The minimum absolute atomic E-state index is 0.0414. The highest BCUT2D eigenvalue weighted by Crippen LogP contribution is 2.51. The predicted molar refractivity (Wildman–Crippen MR) is 111 cm³/mol. The first-order valence-corrected chi connectivity index (χ1v) is 11.0. The minimum Gasteiger partial charge on any atom is -0.490 e. The molecule has 1 saturated heterocycles. The lowest BCUT2D eigenvalue weighted by Gasteiger charge is -2.28. The molecule has 0 spiro atoms. The fourth-order valence-electron chi connectivity index (χ4n) is 3.95. The number of epoxide rings is 1. The van der Waals surface area contributed by atoms with Gasteiger partial charge in [-0.2, -0.15) is 0 Å². The van der Waals surface area contributed by atoms with Crippen molar-refractivity contribution in [2.45, 2.75) is 95.8 Å². The smallest absolute Gasteiger partial charge is 0.225 e. The molecule has 0 radical (unpaired) electrons. The first kappa shape index (κ1) is 23.4. The third-order valence-electron chi connectivity index (χ3n) is 5.89. The summed E-state index contributed by atoms with van der Waals surface area (Å²) >= 11 is 0. The molecule has 1 aromatic carbocycles. The van der Waals surface area contributed by atoms with E-state index >= 15 is 0 Å². The van der Waals surface area contributed by atoms with E-state index in [-0.39, 0.29) is 25.4 Å². The Bertz CT molecular complexity index is 701. The lowest BCUT2D eigenvalue weighted by Crippen LogP contribution is -2.40. The molecule has 30 heavy (non-hydrogen) atoms. The van der Waals surface area contributed by atoms with Crippen LogP contribution in [0.15, 0.2) is 18.2 Å². The molecular formula is C23H36O7. The maximum Gasteiger partial charge on any atom is 0.225 e. The largest absolute Gasteiger partial charge is 0.490 e. The van der Waals surface area contributed by atoms with Gasteiger partial charge in [-0.1, -0.05) is 38.3 Å². The molecule has 0 unspecified atom stereocenters. The van der Waals surface area contributed by atoms with E-state index < -0.39 is 23.6 Å². The van der Waals surface area contributed by atoms with E-state index in [2.05, 4.69) is 6.92 Å². The van der Waals surface area contributed by atoms with Crippen LogP contribution >= 0.6 is 0 Å². The Hall–Kier alpha value is -1.22. The van der Waals surface area contributed by atoms with Crippen LogP contribution in [-0.4, -0.2) is 58.6 Å². The van der Waals surface area contributed by atoms with Crippen LogP contribution < -0.4 is 4.74 Å². The topological polar surface area (TPSA) is 101 Å². The Balaban J connectivity index is 1.76. The molecule has 0 bridgehead atoms.